The summed E-state index contributed by atoms with van der Waals surface area (Å²) in [7, 11) is 0. The van der Waals surface area contributed by atoms with Gasteiger partial charge in [-0.3, -0.25) is 4.98 Å². The molecule has 0 aliphatic carbocycles. The van der Waals surface area contributed by atoms with Crippen LogP contribution in [0, 0.1) is 0 Å². The van der Waals surface area contributed by atoms with E-state index in [1.165, 1.54) is 0 Å². The van der Waals surface area contributed by atoms with E-state index in [-0.39, 0.29) is 0 Å². The molecule has 0 aliphatic rings. The lowest BCUT2D eigenvalue weighted by molar-refractivity contribution is 0.0434. The minimum Gasteiger partial charge on any atom is -0.390 e. The molecule has 1 rings (SSSR count). The Bertz CT molecular complexity index is 201. The molecule has 1 aromatic heterocycles. The van der Waals surface area contributed by atoms with E-state index in [0.717, 1.165) is 4.88 Å². The topological polar surface area (TPSA) is 42.4 Å². The van der Waals surface area contributed by atoms with Gasteiger partial charge in [0.2, 0.25) is 0 Å². The molecule has 1 aromatic rings. The van der Waals surface area contributed by atoms with E-state index in [4.69, 9.17) is 4.74 Å². The molecule has 1 heterocycles. The first kappa shape index (κ1) is 9.64. The molecular weight excluding hydrogens is 174 g/mol. The summed E-state index contributed by atoms with van der Waals surface area (Å²) in [5.74, 6) is 0. The minimum absolute atomic E-state index is 0.398. The van der Waals surface area contributed by atoms with Gasteiger partial charge in [-0.25, -0.2) is 0 Å². The fourth-order valence-electron chi connectivity index (χ4n) is 0.888. The zero-order valence-corrected chi connectivity index (χ0v) is 7.88. The van der Waals surface area contributed by atoms with Crippen LogP contribution >= 0.6 is 11.3 Å². The number of thiazole rings is 1. The molecule has 0 amide bonds. The van der Waals surface area contributed by atoms with E-state index in [9.17, 15) is 5.11 Å². The van der Waals surface area contributed by atoms with Gasteiger partial charge in [0, 0.05) is 24.1 Å². The highest BCUT2D eigenvalue weighted by molar-refractivity contribution is 7.09. The number of aromatic nitrogens is 1. The van der Waals surface area contributed by atoms with E-state index < -0.39 is 6.10 Å². The predicted octanol–water partition coefficient (Wildman–Crippen LogP) is 1.08. The van der Waals surface area contributed by atoms with Crippen LogP contribution in [0.2, 0.25) is 0 Å². The Labute approximate surface area is 76.0 Å². The van der Waals surface area contributed by atoms with E-state index >= 15 is 0 Å². The Morgan fingerprint density at radius 2 is 2.58 bits per heavy atom. The summed E-state index contributed by atoms with van der Waals surface area (Å²) in [6, 6.07) is 0. The molecule has 0 saturated heterocycles. The molecule has 0 saturated carbocycles. The quantitative estimate of drug-likeness (QED) is 0.750. The van der Waals surface area contributed by atoms with Crippen LogP contribution < -0.4 is 0 Å². The zero-order valence-electron chi connectivity index (χ0n) is 7.06. The van der Waals surface area contributed by atoms with E-state index in [2.05, 4.69) is 4.98 Å². The van der Waals surface area contributed by atoms with Gasteiger partial charge in [0.1, 0.15) is 0 Å². The molecule has 1 unspecified atom stereocenters. The Balaban J connectivity index is 2.22. The van der Waals surface area contributed by atoms with Crippen LogP contribution in [-0.4, -0.2) is 29.4 Å². The molecule has 1 N–H and O–H groups in total. The van der Waals surface area contributed by atoms with Crippen LogP contribution in [0.1, 0.15) is 11.8 Å². The van der Waals surface area contributed by atoms with Crippen LogP contribution in [0.5, 0.6) is 0 Å². The third-order valence-corrected chi connectivity index (χ3v) is 2.24. The average Bonchev–Trinajstić information content (AvgIpc) is 2.53. The zero-order chi connectivity index (χ0) is 8.81. The van der Waals surface area contributed by atoms with Crippen molar-refractivity contribution in [3.05, 3.63) is 16.6 Å². The van der Waals surface area contributed by atoms with Gasteiger partial charge in [0.05, 0.1) is 18.2 Å². The maximum absolute atomic E-state index is 9.41. The summed E-state index contributed by atoms with van der Waals surface area (Å²) in [6.45, 7) is 2.98. The molecule has 3 nitrogen and oxygen atoms in total. The predicted molar refractivity (Wildman–Crippen MR) is 48.3 cm³/mol. The summed E-state index contributed by atoms with van der Waals surface area (Å²) < 4.78 is 5.08. The number of hydrogen-bond donors (Lipinski definition) is 1. The van der Waals surface area contributed by atoms with Gasteiger partial charge < -0.3 is 9.84 Å². The SMILES string of the molecule is CCOCC(O)Cc1cncs1. The van der Waals surface area contributed by atoms with Crippen molar-refractivity contribution in [1.82, 2.24) is 4.98 Å². The van der Waals surface area contributed by atoms with Crippen molar-refractivity contribution in [2.24, 2.45) is 0 Å². The van der Waals surface area contributed by atoms with Gasteiger partial charge in [-0.15, -0.1) is 11.3 Å². The number of nitrogens with zero attached hydrogens (tertiary/aromatic N) is 1. The molecular formula is C8H13NO2S. The molecule has 0 fully saturated rings. The van der Waals surface area contributed by atoms with Crippen molar-refractivity contribution in [1.29, 1.82) is 0 Å². The normalized spacial score (nSPS) is 13.2. The summed E-state index contributed by atoms with van der Waals surface area (Å²) >= 11 is 1.56. The van der Waals surface area contributed by atoms with Gasteiger partial charge in [-0.1, -0.05) is 0 Å². The highest BCUT2D eigenvalue weighted by Crippen LogP contribution is 2.08. The average molecular weight is 187 g/mol. The van der Waals surface area contributed by atoms with Gasteiger partial charge >= 0.3 is 0 Å². The Kier molecular flexibility index (Phi) is 4.21. The number of rotatable bonds is 5. The van der Waals surface area contributed by atoms with Crippen LogP contribution in [0.15, 0.2) is 11.7 Å². The molecule has 0 aliphatic heterocycles. The standard InChI is InChI=1S/C8H13NO2S/c1-2-11-5-7(10)3-8-4-9-6-12-8/h4,6-7,10H,2-3,5H2,1H3. The molecule has 1 atom stereocenters. The van der Waals surface area contributed by atoms with E-state index in [1.54, 1.807) is 23.0 Å². The lowest BCUT2D eigenvalue weighted by Gasteiger charge is -2.07. The molecule has 0 radical (unpaired) electrons. The van der Waals surface area contributed by atoms with Crippen molar-refractivity contribution in [2.75, 3.05) is 13.2 Å². The second kappa shape index (κ2) is 5.24. The fraction of sp³-hybridized carbons (Fsp3) is 0.625. The van der Waals surface area contributed by atoms with Gasteiger partial charge in [-0.2, -0.15) is 0 Å². The molecule has 0 aromatic carbocycles. The van der Waals surface area contributed by atoms with Gasteiger partial charge in [0.25, 0.3) is 0 Å². The lowest BCUT2D eigenvalue weighted by atomic mass is 10.2. The van der Waals surface area contributed by atoms with Crippen LogP contribution in [-0.2, 0) is 11.2 Å². The first-order valence-corrected chi connectivity index (χ1v) is 4.84. The lowest BCUT2D eigenvalue weighted by Crippen LogP contribution is -2.17. The number of hydrogen-bond acceptors (Lipinski definition) is 4. The van der Waals surface area contributed by atoms with Crippen molar-refractivity contribution in [3.8, 4) is 0 Å². The number of aliphatic hydroxyl groups is 1. The Morgan fingerprint density at radius 1 is 1.75 bits per heavy atom. The van der Waals surface area contributed by atoms with E-state index in [1.807, 2.05) is 6.92 Å². The maximum atomic E-state index is 9.41. The second-order valence-electron chi connectivity index (χ2n) is 2.49. The monoisotopic (exact) mass is 187 g/mol. The first-order valence-electron chi connectivity index (χ1n) is 3.96. The summed E-state index contributed by atoms with van der Waals surface area (Å²) in [4.78, 5) is 5.02. The Morgan fingerprint density at radius 3 is 3.17 bits per heavy atom. The third kappa shape index (κ3) is 3.30. The van der Waals surface area contributed by atoms with Crippen molar-refractivity contribution in [3.63, 3.8) is 0 Å². The molecule has 68 valence electrons. The highest BCUT2D eigenvalue weighted by Gasteiger charge is 2.05. The smallest absolute Gasteiger partial charge is 0.0822 e. The number of aliphatic hydroxyl groups excluding tert-OH is 1. The molecule has 0 spiro atoms. The summed E-state index contributed by atoms with van der Waals surface area (Å²) in [5, 5.41) is 9.41. The Hall–Kier alpha value is -0.450. The van der Waals surface area contributed by atoms with Crippen LogP contribution in [0.4, 0.5) is 0 Å². The van der Waals surface area contributed by atoms with Crippen molar-refractivity contribution < 1.29 is 9.84 Å². The van der Waals surface area contributed by atoms with Crippen LogP contribution in [0.25, 0.3) is 0 Å². The molecule has 0 bridgehead atoms. The van der Waals surface area contributed by atoms with Gasteiger partial charge in [-0.05, 0) is 6.92 Å². The van der Waals surface area contributed by atoms with Crippen molar-refractivity contribution in [2.45, 2.75) is 19.4 Å². The third-order valence-electron chi connectivity index (χ3n) is 1.43. The highest BCUT2D eigenvalue weighted by atomic mass is 32.1. The van der Waals surface area contributed by atoms with E-state index in [0.29, 0.717) is 19.6 Å². The summed E-state index contributed by atoms with van der Waals surface area (Å²) in [6.07, 6.45) is 2.02. The minimum atomic E-state index is -0.398. The largest absolute Gasteiger partial charge is 0.390 e. The number of ether oxygens (including phenoxy) is 1. The van der Waals surface area contributed by atoms with Crippen LogP contribution in [0.3, 0.4) is 0 Å². The molecule has 4 heteroatoms. The van der Waals surface area contributed by atoms with Gasteiger partial charge in [0.15, 0.2) is 0 Å². The fourth-order valence-corrected chi connectivity index (χ4v) is 1.56. The first-order chi connectivity index (χ1) is 5.83. The van der Waals surface area contributed by atoms with Crippen molar-refractivity contribution >= 4 is 11.3 Å². The summed E-state index contributed by atoms with van der Waals surface area (Å²) in [5.41, 5.74) is 1.77. The maximum Gasteiger partial charge on any atom is 0.0822 e. The second-order valence-corrected chi connectivity index (χ2v) is 3.46. The molecule has 12 heavy (non-hydrogen) atoms.